The molecule has 2 aromatic rings. The van der Waals surface area contributed by atoms with Crippen molar-refractivity contribution in [2.24, 2.45) is 11.7 Å². The molecule has 1 heterocycles. The zero-order chi connectivity index (χ0) is 21.1. The van der Waals surface area contributed by atoms with Crippen LogP contribution in [0.25, 0.3) is 0 Å². The summed E-state index contributed by atoms with van der Waals surface area (Å²) in [7, 11) is 0. The molecule has 2 amide bonds. The van der Waals surface area contributed by atoms with E-state index in [1.54, 1.807) is 23.1 Å². The summed E-state index contributed by atoms with van der Waals surface area (Å²) in [6, 6.07) is 10.3. The van der Waals surface area contributed by atoms with E-state index in [9.17, 15) is 9.59 Å². The largest absolute Gasteiger partial charge is 0.333 e. The zero-order valence-electron chi connectivity index (χ0n) is 16.5. The maximum atomic E-state index is 12.8. The Bertz CT molecular complexity index is 932. The molecule has 3 N–H and O–H groups in total. The Morgan fingerprint density at radius 2 is 1.86 bits per heavy atom. The number of nitrogens with two attached hydrogens (primary N) is 1. The molecule has 3 rings (SSSR count). The summed E-state index contributed by atoms with van der Waals surface area (Å²) in [4.78, 5) is 26.7. The Morgan fingerprint density at radius 1 is 1.14 bits per heavy atom. The van der Waals surface area contributed by atoms with E-state index in [0.29, 0.717) is 29.6 Å². The highest BCUT2D eigenvalue weighted by molar-refractivity contribution is 6.35. The maximum Gasteiger partial charge on any atom is 0.240 e. The lowest BCUT2D eigenvalue weighted by molar-refractivity contribution is -0.133. The van der Waals surface area contributed by atoms with Crippen molar-refractivity contribution < 1.29 is 9.59 Å². The Labute approximate surface area is 181 Å². The standard InChI is InChI=1S/C22H25Cl2N3O2/c1-3-13(2)21(28)26-18-7-5-15-11-27(12-16(15)8-18)22(29)20(25)9-14-4-6-17(23)10-19(14)24/h4-8,10,13,20H,3,9,11-12,25H2,1-2H3,(H,26,28). The minimum Gasteiger partial charge on any atom is -0.333 e. The summed E-state index contributed by atoms with van der Waals surface area (Å²) in [6.07, 6.45) is 1.13. The van der Waals surface area contributed by atoms with Crippen LogP contribution < -0.4 is 11.1 Å². The van der Waals surface area contributed by atoms with Crippen LogP contribution >= 0.6 is 23.2 Å². The lowest BCUT2D eigenvalue weighted by Gasteiger charge is -2.20. The van der Waals surface area contributed by atoms with Crippen LogP contribution in [0, 0.1) is 5.92 Å². The predicted molar refractivity (Wildman–Crippen MR) is 117 cm³/mol. The van der Waals surface area contributed by atoms with Gasteiger partial charge in [0.15, 0.2) is 0 Å². The monoisotopic (exact) mass is 433 g/mol. The zero-order valence-corrected chi connectivity index (χ0v) is 18.1. The van der Waals surface area contributed by atoms with E-state index < -0.39 is 6.04 Å². The fraction of sp³-hybridized carbons (Fsp3) is 0.364. The molecule has 0 fully saturated rings. The van der Waals surface area contributed by atoms with E-state index >= 15 is 0 Å². The Balaban J connectivity index is 1.64. The molecule has 0 aromatic heterocycles. The highest BCUT2D eigenvalue weighted by Gasteiger charge is 2.28. The molecule has 7 heteroatoms. The number of benzene rings is 2. The first-order valence-electron chi connectivity index (χ1n) is 9.69. The van der Waals surface area contributed by atoms with Gasteiger partial charge in [0.25, 0.3) is 0 Å². The normalized spacial score (nSPS) is 15.0. The van der Waals surface area contributed by atoms with Gasteiger partial charge < -0.3 is 16.0 Å². The second-order valence-electron chi connectivity index (χ2n) is 7.52. The lowest BCUT2D eigenvalue weighted by atomic mass is 10.1. The summed E-state index contributed by atoms with van der Waals surface area (Å²) >= 11 is 12.1. The van der Waals surface area contributed by atoms with E-state index in [2.05, 4.69) is 5.32 Å². The van der Waals surface area contributed by atoms with Crippen LogP contribution in [0.5, 0.6) is 0 Å². The number of hydrogen-bond acceptors (Lipinski definition) is 3. The van der Waals surface area contributed by atoms with Crippen molar-refractivity contribution >= 4 is 40.7 Å². The number of carbonyl (C=O) groups is 2. The molecule has 2 unspecified atom stereocenters. The van der Waals surface area contributed by atoms with Crippen molar-refractivity contribution in [1.82, 2.24) is 4.90 Å². The van der Waals surface area contributed by atoms with Gasteiger partial charge in [-0.05, 0) is 53.8 Å². The van der Waals surface area contributed by atoms with Gasteiger partial charge >= 0.3 is 0 Å². The summed E-state index contributed by atoms with van der Waals surface area (Å²) in [5, 5.41) is 3.99. The molecule has 154 valence electrons. The fourth-order valence-corrected chi connectivity index (χ4v) is 3.81. The van der Waals surface area contributed by atoms with Gasteiger partial charge in [0, 0.05) is 34.7 Å². The van der Waals surface area contributed by atoms with Crippen molar-refractivity contribution in [1.29, 1.82) is 0 Å². The average Bonchev–Trinajstić information content (AvgIpc) is 3.12. The fourth-order valence-electron chi connectivity index (χ4n) is 3.32. The van der Waals surface area contributed by atoms with E-state index in [0.717, 1.165) is 28.8 Å². The molecule has 1 aliphatic rings. The second-order valence-corrected chi connectivity index (χ2v) is 8.37. The molecule has 29 heavy (non-hydrogen) atoms. The Hall–Kier alpha value is -2.08. The molecule has 0 radical (unpaired) electrons. The molecule has 1 aliphatic heterocycles. The Kier molecular flexibility index (Phi) is 6.83. The molecule has 5 nitrogen and oxygen atoms in total. The van der Waals surface area contributed by atoms with Gasteiger partial charge in [-0.15, -0.1) is 0 Å². The molecule has 0 saturated carbocycles. The first-order chi connectivity index (χ1) is 13.8. The number of carbonyl (C=O) groups excluding carboxylic acids is 2. The molecule has 2 atom stereocenters. The van der Waals surface area contributed by atoms with Crippen molar-refractivity contribution in [3.63, 3.8) is 0 Å². The van der Waals surface area contributed by atoms with E-state index in [-0.39, 0.29) is 17.7 Å². The third-order valence-electron chi connectivity index (χ3n) is 5.34. The van der Waals surface area contributed by atoms with Crippen LogP contribution in [0.4, 0.5) is 5.69 Å². The van der Waals surface area contributed by atoms with Crippen LogP contribution in [0.3, 0.4) is 0 Å². The number of hydrogen-bond donors (Lipinski definition) is 2. The van der Waals surface area contributed by atoms with Gasteiger partial charge in [0.2, 0.25) is 11.8 Å². The quantitative estimate of drug-likeness (QED) is 0.708. The van der Waals surface area contributed by atoms with Gasteiger partial charge in [-0.25, -0.2) is 0 Å². The average molecular weight is 434 g/mol. The van der Waals surface area contributed by atoms with Crippen LogP contribution in [-0.4, -0.2) is 22.8 Å². The van der Waals surface area contributed by atoms with E-state index in [1.165, 1.54) is 0 Å². The molecule has 0 bridgehead atoms. The van der Waals surface area contributed by atoms with Gasteiger partial charge in [-0.3, -0.25) is 9.59 Å². The highest BCUT2D eigenvalue weighted by atomic mass is 35.5. The van der Waals surface area contributed by atoms with Crippen LogP contribution in [0.2, 0.25) is 10.0 Å². The van der Waals surface area contributed by atoms with Crippen LogP contribution in [0.15, 0.2) is 36.4 Å². The molecule has 0 aliphatic carbocycles. The SMILES string of the molecule is CCC(C)C(=O)Nc1ccc2c(c1)CN(C(=O)C(N)Cc1ccc(Cl)cc1Cl)C2. The van der Waals surface area contributed by atoms with E-state index in [1.807, 2.05) is 32.0 Å². The van der Waals surface area contributed by atoms with Crippen LogP contribution in [-0.2, 0) is 29.1 Å². The predicted octanol–water partition coefficient (Wildman–Crippen LogP) is 4.39. The molecule has 2 aromatic carbocycles. The van der Waals surface area contributed by atoms with Crippen molar-refractivity contribution in [3.05, 3.63) is 63.1 Å². The maximum absolute atomic E-state index is 12.8. The number of nitrogens with one attached hydrogen (secondary N) is 1. The number of fused-ring (bicyclic) bond motifs is 1. The topological polar surface area (TPSA) is 75.4 Å². The third-order valence-corrected chi connectivity index (χ3v) is 5.93. The molecular formula is C22H25Cl2N3O2. The number of halogens is 2. The van der Waals surface area contributed by atoms with Gasteiger partial charge in [0.1, 0.15) is 0 Å². The van der Waals surface area contributed by atoms with Gasteiger partial charge in [0.05, 0.1) is 6.04 Å². The number of amides is 2. The minimum absolute atomic E-state index is 0.000227. The molecule has 0 saturated heterocycles. The number of anilines is 1. The first-order valence-corrected chi connectivity index (χ1v) is 10.4. The summed E-state index contributed by atoms with van der Waals surface area (Å²) < 4.78 is 0. The summed E-state index contributed by atoms with van der Waals surface area (Å²) in [5.74, 6) is -0.170. The first kappa shape index (κ1) is 21.6. The summed E-state index contributed by atoms with van der Waals surface area (Å²) in [6.45, 7) is 4.87. The van der Waals surface area contributed by atoms with Crippen molar-refractivity contribution in [2.75, 3.05) is 5.32 Å². The van der Waals surface area contributed by atoms with Crippen LogP contribution in [0.1, 0.15) is 37.0 Å². The molecular weight excluding hydrogens is 409 g/mol. The number of rotatable bonds is 6. The lowest BCUT2D eigenvalue weighted by Crippen LogP contribution is -2.42. The highest BCUT2D eigenvalue weighted by Crippen LogP contribution is 2.27. The van der Waals surface area contributed by atoms with Gasteiger partial charge in [-0.2, -0.15) is 0 Å². The van der Waals surface area contributed by atoms with E-state index in [4.69, 9.17) is 28.9 Å². The third kappa shape index (κ3) is 5.10. The minimum atomic E-state index is -0.687. The second kappa shape index (κ2) is 9.16. The van der Waals surface area contributed by atoms with Gasteiger partial charge in [-0.1, -0.05) is 49.2 Å². The van der Waals surface area contributed by atoms with Crippen molar-refractivity contribution in [2.45, 2.75) is 45.8 Å². The summed E-state index contributed by atoms with van der Waals surface area (Å²) in [5.41, 5.74) is 9.81. The molecule has 0 spiro atoms. The number of nitrogens with zero attached hydrogens (tertiary/aromatic N) is 1. The Morgan fingerprint density at radius 3 is 2.55 bits per heavy atom. The smallest absolute Gasteiger partial charge is 0.240 e. The van der Waals surface area contributed by atoms with Crippen molar-refractivity contribution in [3.8, 4) is 0 Å².